The van der Waals surface area contributed by atoms with Crippen LogP contribution in [0.1, 0.15) is 71.8 Å². The average Bonchev–Trinajstić information content (AvgIpc) is 2.57. The fraction of sp³-hybridized carbons (Fsp3) is 0.583. The van der Waals surface area contributed by atoms with Gasteiger partial charge in [-0.1, -0.05) is 63.1 Å². The first-order valence-electron chi connectivity index (χ1n) is 10.2. The maximum Gasteiger partial charge on any atom is 0.312 e. The predicted molar refractivity (Wildman–Crippen MR) is 109 cm³/mol. The molecule has 0 bridgehead atoms. The molecule has 3 heteroatoms. The van der Waals surface area contributed by atoms with E-state index in [1.54, 1.807) is 6.08 Å². The van der Waals surface area contributed by atoms with E-state index >= 15 is 0 Å². The lowest BCUT2D eigenvalue weighted by Crippen LogP contribution is -2.32. The summed E-state index contributed by atoms with van der Waals surface area (Å²) < 4.78 is 5.65. The molecule has 2 rings (SSSR count). The van der Waals surface area contributed by atoms with Crippen LogP contribution in [0, 0.1) is 10.8 Å². The summed E-state index contributed by atoms with van der Waals surface area (Å²) in [6.07, 6.45) is 7.27. The summed E-state index contributed by atoms with van der Waals surface area (Å²) in [5.74, 6) is 0.0467. The number of carbonyl (C=O) groups excluding carboxylic acids is 2. The van der Waals surface area contributed by atoms with Crippen LogP contribution in [0.4, 0.5) is 0 Å². The quantitative estimate of drug-likeness (QED) is 0.415. The minimum absolute atomic E-state index is 0.0200. The van der Waals surface area contributed by atoms with Gasteiger partial charge in [0, 0.05) is 6.42 Å². The Kier molecular flexibility index (Phi) is 7.41. The van der Waals surface area contributed by atoms with E-state index in [9.17, 15) is 9.59 Å². The zero-order chi connectivity index (χ0) is 19.9. The molecule has 1 atom stereocenters. The Bertz CT molecular complexity index is 672. The third-order valence-electron chi connectivity index (χ3n) is 5.32. The summed E-state index contributed by atoms with van der Waals surface area (Å²) in [5, 5.41) is 0. The van der Waals surface area contributed by atoms with Gasteiger partial charge >= 0.3 is 5.97 Å². The van der Waals surface area contributed by atoms with E-state index in [1.165, 1.54) is 5.56 Å². The molecule has 0 saturated heterocycles. The highest BCUT2D eigenvalue weighted by Gasteiger charge is 2.37. The van der Waals surface area contributed by atoms with Gasteiger partial charge in [0.2, 0.25) is 0 Å². The molecule has 0 aromatic heterocycles. The molecule has 27 heavy (non-hydrogen) atoms. The Hall–Kier alpha value is -1.90. The van der Waals surface area contributed by atoms with Crippen molar-refractivity contribution in [1.29, 1.82) is 0 Å². The van der Waals surface area contributed by atoms with Crippen LogP contribution in [0.2, 0.25) is 0 Å². The number of aryl methyl sites for hydroxylation is 1. The lowest BCUT2D eigenvalue weighted by atomic mass is 9.71. The Morgan fingerprint density at radius 3 is 2.52 bits per heavy atom. The Morgan fingerprint density at radius 1 is 1.19 bits per heavy atom. The third-order valence-corrected chi connectivity index (χ3v) is 5.32. The molecule has 0 fully saturated rings. The fourth-order valence-corrected chi connectivity index (χ4v) is 4.17. The van der Waals surface area contributed by atoms with Crippen LogP contribution >= 0.6 is 0 Å². The van der Waals surface area contributed by atoms with Gasteiger partial charge in [0.15, 0.2) is 5.78 Å². The summed E-state index contributed by atoms with van der Waals surface area (Å²) >= 11 is 0. The van der Waals surface area contributed by atoms with Crippen molar-refractivity contribution < 1.29 is 14.3 Å². The molecule has 0 radical (unpaired) electrons. The van der Waals surface area contributed by atoms with Crippen LogP contribution in [0.15, 0.2) is 42.0 Å². The number of ether oxygens (including phenoxy) is 1. The van der Waals surface area contributed by atoms with Gasteiger partial charge in [-0.15, -0.1) is 0 Å². The summed E-state index contributed by atoms with van der Waals surface area (Å²) in [5.41, 5.74) is 1.78. The standard InChI is InChI=1S/C24H34O3/c1-5-13-24(4,17-20-15-21(25)18-23(2,3)16-20)22(26)27-14-9-12-19-10-7-6-8-11-19/h6-8,10-11,15H,5,9,12-14,16-18H2,1-4H3. The first-order chi connectivity index (χ1) is 12.7. The van der Waals surface area contributed by atoms with Crippen LogP contribution in [0.5, 0.6) is 0 Å². The predicted octanol–water partition coefficient (Wildman–Crippen LogP) is 5.67. The van der Waals surface area contributed by atoms with Crippen molar-refractivity contribution in [2.24, 2.45) is 10.8 Å². The molecule has 3 nitrogen and oxygen atoms in total. The summed E-state index contributed by atoms with van der Waals surface area (Å²) in [7, 11) is 0. The molecule has 0 spiro atoms. The lowest BCUT2D eigenvalue weighted by molar-refractivity contribution is -0.155. The number of esters is 1. The van der Waals surface area contributed by atoms with E-state index in [0.29, 0.717) is 19.4 Å². The van der Waals surface area contributed by atoms with E-state index in [2.05, 4.69) is 32.9 Å². The topological polar surface area (TPSA) is 43.4 Å². The number of rotatable bonds is 9. The molecule has 1 aliphatic carbocycles. The first-order valence-corrected chi connectivity index (χ1v) is 10.2. The highest BCUT2D eigenvalue weighted by molar-refractivity contribution is 5.92. The van der Waals surface area contributed by atoms with Crippen LogP contribution in [0.3, 0.4) is 0 Å². The minimum Gasteiger partial charge on any atom is -0.465 e. The second-order valence-corrected chi connectivity index (χ2v) is 9.00. The molecular formula is C24H34O3. The van der Waals surface area contributed by atoms with Crippen molar-refractivity contribution in [2.75, 3.05) is 6.61 Å². The molecular weight excluding hydrogens is 336 g/mol. The Labute approximate surface area is 164 Å². The maximum absolute atomic E-state index is 12.8. The molecule has 1 aromatic rings. The van der Waals surface area contributed by atoms with Crippen molar-refractivity contribution >= 4 is 11.8 Å². The number of carbonyl (C=O) groups is 2. The molecule has 0 heterocycles. The van der Waals surface area contributed by atoms with Gasteiger partial charge in [0.1, 0.15) is 0 Å². The van der Waals surface area contributed by atoms with Gasteiger partial charge in [-0.2, -0.15) is 0 Å². The number of hydrogen-bond donors (Lipinski definition) is 0. The van der Waals surface area contributed by atoms with E-state index < -0.39 is 5.41 Å². The third kappa shape index (κ3) is 6.64. The SMILES string of the molecule is CCCC(C)(CC1=CC(=O)CC(C)(C)C1)C(=O)OCCCc1ccccc1. The van der Waals surface area contributed by atoms with Gasteiger partial charge in [0.25, 0.3) is 0 Å². The summed E-state index contributed by atoms with van der Waals surface area (Å²) in [4.78, 5) is 24.9. The summed E-state index contributed by atoms with van der Waals surface area (Å²) in [6.45, 7) is 8.76. The second-order valence-electron chi connectivity index (χ2n) is 9.00. The molecule has 1 aliphatic rings. The van der Waals surface area contributed by atoms with E-state index in [1.807, 2.05) is 25.1 Å². The maximum atomic E-state index is 12.8. The van der Waals surface area contributed by atoms with Crippen LogP contribution in [-0.2, 0) is 20.7 Å². The van der Waals surface area contributed by atoms with E-state index in [-0.39, 0.29) is 17.2 Å². The monoisotopic (exact) mass is 370 g/mol. The summed E-state index contributed by atoms with van der Waals surface area (Å²) in [6, 6.07) is 10.3. The normalized spacial score (nSPS) is 18.5. The number of allylic oxidation sites excluding steroid dienone is 2. The zero-order valence-corrected chi connectivity index (χ0v) is 17.3. The zero-order valence-electron chi connectivity index (χ0n) is 17.3. The molecule has 148 valence electrons. The molecule has 1 unspecified atom stereocenters. The molecule has 0 saturated carbocycles. The smallest absolute Gasteiger partial charge is 0.312 e. The number of hydrogen-bond acceptors (Lipinski definition) is 3. The average molecular weight is 371 g/mol. The van der Waals surface area contributed by atoms with Gasteiger partial charge in [-0.25, -0.2) is 0 Å². The fourth-order valence-electron chi connectivity index (χ4n) is 4.17. The van der Waals surface area contributed by atoms with Crippen molar-refractivity contribution in [3.63, 3.8) is 0 Å². The largest absolute Gasteiger partial charge is 0.465 e. The van der Waals surface area contributed by atoms with Gasteiger partial charge in [-0.3, -0.25) is 9.59 Å². The van der Waals surface area contributed by atoms with Gasteiger partial charge < -0.3 is 4.74 Å². The van der Waals surface area contributed by atoms with Crippen molar-refractivity contribution in [1.82, 2.24) is 0 Å². The molecule has 0 aliphatic heterocycles. The Balaban J connectivity index is 1.93. The highest BCUT2D eigenvalue weighted by Crippen LogP contribution is 2.41. The van der Waals surface area contributed by atoms with E-state index in [4.69, 9.17) is 4.74 Å². The highest BCUT2D eigenvalue weighted by atomic mass is 16.5. The number of benzene rings is 1. The molecule has 0 amide bonds. The van der Waals surface area contributed by atoms with Crippen molar-refractivity contribution in [3.8, 4) is 0 Å². The van der Waals surface area contributed by atoms with Gasteiger partial charge in [-0.05, 0) is 56.1 Å². The second kappa shape index (κ2) is 9.34. The van der Waals surface area contributed by atoms with Crippen LogP contribution < -0.4 is 0 Å². The van der Waals surface area contributed by atoms with Crippen LogP contribution in [0.25, 0.3) is 0 Å². The lowest BCUT2D eigenvalue weighted by Gasteiger charge is -2.34. The molecule has 0 N–H and O–H groups in total. The van der Waals surface area contributed by atoms with E-state index in [0.717, 1.165) is 37.7 Å². The minimum atomic E-state index is -0.555. The van der Waals surface area contributed by atoms with Crippen molar-refractivity contribution in [2.45, 2.75) is 72.6 Å². The molecule has 1 aromatic carbocycles. The first kappa shape index (κ1) is 21.4. The Morgan fingerprint density at radius 2 is 1.89 bits per heavy atom. The van der Waals surface area contributed by atoms with Crippen LogP contribution in [-0.4, -0.2) is 18.4 Å². The number of ketones is 1. The van der Waals surface area contributed by atoms with Gasteiger partial charge in [0.05, 0.1) is 12.0 Å². The van der Waals surface area contributed by atoms with Crippen molar-refractivity contribution in [3.05, 3.63) is 47.5 Å².